The molecule has 7 nitrogen and oxygen atoms in total. The Hall–Kier alpha value is -3.01. The van der Waals surface area contributed by atoms with Gasteiger partial charge in [-0.25, -0.2) is 17.2 Å². The molecule has 0 saturated carbocycles. The summed E-state index contributed by atoms with van der Waals surface area (Å²) in [6, 6.07) is 7.82. The number of hydrogen-bond donors (Lipinski definition) is 2. The van der Waals surface area contributed by atoms with E-state index in [1.807, 2.05) is 0 Å². The third kappa shape index (κ3) is 6.07. The van der Waals surface area contributed by atoms with Gasteiger partial charge in [0, 0.05) is 30.8 Å². The van der Waals surface area contributed by atoms with Gasteiger partial charge in [-0.3, -0.25) is 14.3 Å². The van der Waals surface area contributed by atoms with E-state index in [0.29, 0.717) is 42.3 Å². The van der Waals surface area contributed by atoms with Crippen LogP contribution < -0.4 is 10.0 Å². The Kier molecular flexibility index (Phi) is 7.68. The zero-order chi connectivity index (χ0) is 24.2. The molecule has 2 aromatic rings. The molecule has 2 amide bonds. The number of hydrogen-bond acceptors (Lipinski definition) is 4. The fourth-order valence-corrected chi connectivity index (χ4v) is 4.98. The quantitative estimate of drug-likeness (QED) is 0.629. The number of amides is 2. The molecule has 1 heterocycles. The van der Waals surface area contributed by atoms with Crippen LogP contribution in [0.2, 0.25) is 0 Å². The Morgan fingerprint density at radius 2 is 1.76 bits per heavy atom. The highest BCUT2D eigenvalue weighted by molar-refractivity contribution is 7.92. The van der Waals surface area contributed by atoms with Crippen LogP contribution in [0.25, 0.3) is 0 Å². The molecule has 33 heavy (non-hydrogen) atoms. The molecule has 0 aromatic heterocycles. The van der Waals surface area contributed by atoms with Crippen LogP contribution in [0.5, 0.6) is 0 Å². The molecular weight excluding hydrogens is 452 g/mol. The van der Waals surface area contributed by atoms with Gasteiger partial charge >= 0.3 is 0 Å². The van der Waals surface area contributed by atoms with Gasteiger partial charge in [0.1, 0.15) is 11.6 Å². The fraction of sp³-hybridized carbons (Fsp3) is 0.391. The average Bonchev–Trinajstić information content (AvgIpc) is 2.76. The van der Waals surface area contributed by atoms with Crippen molar-refractivity contribution in [2.75, 3.05) is 28.9 Å². The third-order valence-electron chi connectivity index (χ3n) is 5.64. The van der Waals surface area contributed by atoms with Gasteiger partial charge in [0.2, 0.25) is 15.9 Å². The van der Waals surface area contributed by atoms with Crippen LogP contribution in [0.4, 0.5) is 20.2 Å². The number of likely N-dealkylation sites (tertiary alicyclic amines) is 1. The van der Waals surface area contributed by atoms with E-state index in [4.69, 9.17) is 0 Å². The molecule has 1 fully saturated rings. The van der Waals surface area contributed by atoms with Crippen LogP contribution in [0.3, 0.4) is 0 Å². The number of nitrogens with zero attached hydrogens (tertiary/aromatic N) is 1. The second-order valence-electron chi connectivity index (χ2n) is 8.08. The van der Waals surface area contributed by atoms with Gasteiger partial charge in [-0.2, -0.15) is 0 Å². The molecule has 0 radical (unpaired) electrons. The van der Waals surface area contributed by atoms with Crippen molar-refractivity contribution in [3.63, 3.8) is 0 Å². The van der Waals surface area contributed by atoms with E-state index in [1.54, 1.807) is 32.0 Å². The SMILES string of the molecule is CCCS(=O)(=O)Nc1cccc(NC(=O)C2CCN(C(=O)c3ccc(F)cc3F)CC2)c1C. The maximum atomic E-state index is 13.9. The lowest BCUT2D eigenvalue weighted by atomic mass is 9.95. The fourth-order valence-electron chi connectivity index (χ4n) is 3.78. The molecular formula is C23H27F2N3O4S. The number of carbonyl (C=O) groups excluding carboxylic acids is 2. The topological polar surface area (TPSA) is 95.6 Å². The minimum Gasteiger partial charge on any atom is -0.339 e. The van der Waals surface area contributed by atoms with E-state index in [-0.39, 0.29) is 36.2 Å². The number of halogens is 2. The highest BCUT2D eigenvalue weighted by atomic mass is 32.2. The maximum Gasteiger partial charge on any atom is 0.256 e. The minimum absolute atomic E-state index is 0.00213. The van der Waals surface area contributed by atoms with Crippen molar-refractivity contribution in [3.8, 4) is 0 Å². The third-order valence-corrected chi connectivity index (χ3v) is 7.12. The molecule has 1 aliphatic heterocycles. The number of sulfonamides is 1. The first-order chi connectivity index (χ1) is 15.6. The van der Waals surface area contributed by atoms with Crippen LogP contribution in [0.15, 0.2) is 36.4 Å². The summed E-state index contributed by atoms with van der Waals surface area (Å²) < 4.78 is 53.7. The maximum absolute atomic E-state index is 13.9. The summed E-state index contributed by atoms with van der Waals surface area (Å²) in [5.41, 5.74) is 1.31. The van der Waals surface area contributed by atoms with E-state index < -0.39 is 27.6 Å². The summed E-state index contributed by atoms with van der Waals surface area (Å²) in [6.07, 6.45) is 1.27. The first kappa shape index (κ1) is 24.6. The highest BCUT2D eigenvalue weighted by Gasteiger charge is 2.29. The highest BCUT2D eigenvalue weighted by Crippen LogP contribution is 2.27. The number of anilines is 2. The lowest BCUT2D eigenvalue weighted by Gasteiger charge is -2.31. The Labute approximate surface area is 192 Å². The van der Waals surface area contributed by atoms with Crippen LogP contribution >= 0.6 is 0 Å². The van der Waals surface area contributed by atoms with Gasteiger partial charge in [-0.05, 0) is 56.0 Å². The zero-order valence-corrected chi connectivity index (χ0v) is 19.3. The molecule has 0 unspecified atom stereocenters. The Bertz CT molecular complexity index is 1150. The van der Waals surface area contributed by atoms with E-state index in [1.165, 1.54) is 4.90 Å². The Morgan fingerprint density at radius 1 is 1.09 bits per heavy atom. The van der Waals surface area contributed by atoms with E-state index >= 15 is 0 Å². The summed E-state index contributed by atoms with van der Waals surface area (Å²) in [5.74, 6) is -2.78. The van der Waals surface area contributed by atoms with Crippen molar-refractivity contribution in [1.29, 1.82) is 0 Å². The number of nitrogens with one attached hydrogen (secondary N) is 2. The lowest BCUT2D eigenvalue weighted by molar-refractivity contribution is -0.121. The van der Waals surface area contributed by atoms with Crippen molar-refractivity contribution in [3.05, 3.63) is 59.2 Å². The first-order valence-corrected chi connectivity index (χ1v) is 12.4. The molecule has 10 heteroatoms. The predicted octanol–water partition coefficient (Wildman–Crippen LogP) is 3.92. The Balaban J connectivity index is 1.61. The predicted molar refractivity (Wildman–Crippen MR) is 122 cm³/mol. The molecule has 2 N–H and O–H groups in total. The summed E-state index contributed by atoms with van der Waals surface area (Å²) in [6.45, 7) is 4.03. The summed E-state index contributed by atoms with van der Waals surface area (Å²) in [4.78, 5) is 26.8. The minimum atomic E-state index is -3.46. The van der Waals surface area contributed by atoms with E-state index in [0.717, 1.165) is 12.1 Å². The molecule has 1 aliphatic rings. The largest absolute Gasteiger partial charge is 0.339 e. The van der Waals surface area contributed by atoms with Gasteiger partial charge in [0.25, 0.3) is 5.91 Å². The van der Waals surface area contributed by atoms with Gasteiger partial charge in [0.15, 0.2) is 0 Å². The molecule has 2 aromatic carbocycles. The number of benzene rings is 2. The monoisotopic (exact) mass is 479 g/mol. The van der Waals surface area contributed by atoms with Crippen molar-refractivity contribution in [1.82, 2.24) is 4.90 Å². The number of rotatable bonds is 7. The van der Waals surface area contributed by atoms with Crippen molar-refractivity contribution < 1.29 is 26.8 Å². The molecule has 1 saturated heterocycles. The van der Waals surface area contributed by atoms with Crippen LogP contribution in [0, 0.1) is 24.5 Å². The van der Waals surface area contributed by atoms with Gasteiger partial charge in [-0.1, -0.05) is 13.0 Å². The summed E-state index contributed by atoms with van der Waals surface area (Å²) in [7, 11) is -3.46. The first-order valence-electron chi connectivity index (χ1n) is 10.8. The second-order valence-corrected chi connectivity index (χ2v) is 9.92. The number of carbonyl (C=O) groups is 2. The number of piperidine rings is 1. The molecule has 0 spiro atoms. The second kappa shape index (κ2) is 10.3. The van der Waals surface area contributed by atoms with Crippen LogP contribution in [0.1, 0.15) is 42.1 Å². The molecule has 3 rings (SSSR count). The van der Waals surface area contributed by atoms with E-state index in [9.17, 15) is 26.8 Å². The van der Waals surface area contributed by atoms with Gasteiger partial charge in [-0.15, -0.1) is 0 Å². The smallest absolute Gasteiger partial charge is 0.256 e. The van der Waals surface area contributed by atoms with Crippen molar-refractivity contribution in [2.24, 2.45) is 5.92 Å². The Morgan fingerprint density at radius 3 is 2.39 bits per heavy atom. The van der Waals surface area contributed by atoms with Crippen LogP contribution in [-0.4, -0.2) is 44.0 Å². The zero-order valence-electron chi connectivity index (χ0n) is 18.5. The molecule has 178 valence electrons. The molecule has 0 bridgehead atoms. The molecule has 0 aliphatic carbocycles. The average molecular weight is 480 g/mol. The molecule has 0 atom stereocenters. The standard InChI is InChI=1S/C23H27F2N3O4S/c1-3-13-33(31,32)27-21-6-4-5-20(15(21)2)26-22(29)16-9-11-28(12-10-16)23(30)18-8-7-17(24)14-19(18)25/h4-8,14,16,27H,3,9-13H2,1-2H3,(H,26,29). The van der Waals surface area contributed by atoms with Crippen LogP contribution in [-0.2, 0) is 14.8 Å². The normalized spacial score (nSPS) is 14.7. The summed E-state index contributed by atoms with van der Waals surface area (Å²) >= 11 is 0. The van der Waals surface area contributed by atoms with E-state index in [2.05, 4.69) is 10.0 Å². The lowest BCUT2D eigenvalue weighted by Crippen LogP contribution is -2.41. The summed E-state index contributed by atoms with van der Waals surface area (Å²) in [5, 5.41) is 2.85. The van der Waals surface area contributed by atoms with Gasteiger partial charge < -0.3 is 10.2 Å². The van der Waals surface area contributed by atoms with Crippen molar-refractivity contribution in [2.45, 2.75) is 33.1 Å². The van der Waals surface area contributed by atoms with Crippen molar-refractivity contribution >= 4 is 33.2 Å². The van der Waals surface area contributed by atoms with Gasteiger partial charge in [0.05, 0.1) is 17.0 Å².